The van der Waals surface area contributed by atoms with Crippen LogP contribution < -0.4 is 11.1 Å². The van der Waals surface area contributed by atoms with Gasteiger partial charge in [-0.15, -0.1) is 0 Å². The van der Waals surface area contributed by atoms with Crippen LogP contribution >= 0.6 is 11.6 Å². The Bertz CT molecular complexity index is 540. The van der Waals surface area contributed by atoms with Crippen LogP contribution in [-0.4, -0.2) is 4.98 Å². The summed E-state index contributed by atoms with van der Waals surface area (Å²) in [5, 5.41) is 3.93. The smallest absolute Gasteiger partial charge is 0.0626 e. The van der Waals surface area contributed by atoms with Crippen LogP contribution in [0.1, 0.15) is 18.2 Å². The molecule has 0 fully saturated rings. The standard InChI is InChI=1S/C14H16ClN3/c1-2-10-4-3-7-17-14(10)9-18-13-6-5-11(15)8-12(13)16/h3-8,18H,2,9,16H2,1H3. The van der Waals surface area contributed by atoms with Gasteiger partial charge in [-0.3, -0.25) is 4.98 Å². The van der Waals surface area contributed by atoms with Crippen LogP contribution in [-0.2, 0) is 13.0 Å². The molecule has 0 aliphatic rings. The van der Waals surface area contributed by atoms with Crippen molar-refractivity contribution < 1.29 is 0 Å². The van der Waals surface area contributed by atoms with E-state index in [2.05, 4.69) is 23.3 Å². The molecular weight excluding hydrogens is 246 g/mol. The van der Waals surface area contributed by atoms with Crippen molar-refractivity contribution in [1.29, 1.82) is 0 Å². The van der Waals surface area contributed by atoms with Crippen molar-refractivity contribution in [3.05, 3.63) is 52.8 Å². The number of halogens is 1. The SMILES string of the molecule is CCc1cccnc1CNc1ccc(Cl)cc1N. The average Bonchev–Trinajstić information content (AvgIpc) is 2.38. The van der Waals surface area contributed by atoms with Crippen molar-refractivity contribution >= 4 is 23.0 Å². The Morgan fingerprint density at radius 2 is 2.17 bits per heavy atom. The molecule has 2 aromatic rings. The van der Waals surface area contributed by atoms with Crippen LogP contribution in [0.2, 0.25) is 5.02 Å². The maximum atomic E-state index is 5.89. The van der Waals surface area contributed by atoms with Crippen LogP contribution in [0.25, 0.3) is 0 Å². The lowest BCUT2D eigenvalue weighted by atomic mass is 10.1. The van der Waals surface area contributed by atoms with Gasteiger partial charge in [0.25, 0.3) is 0 Å². The Balaban J connectivity index is 2.11. The molecule has 1 heterocycles. The minimum absolute atomic E-state index is 0.644. The summed E-state index contributed by atoms with van der Waals surface area (Å²) in [5.74, 6) is 0. The summed E-state index contributed by atoms with van der Waals surface area (Å²) in [6.45, 7) is 2.78. The number of pyridine rings is 1. The minimum atomic E-state index is 0.644. The lowest BCUT2D eigenvalue weighted by Crippen LogP contribution is -2.06. The van der Waals surface area contributed by atoms with Gasteiger partial charge in [-0.25, -0.2) is 0 Å². The van der Waals surface area contributed by atoms with Gasteiger partial charge in [-0.05, 0) is 36.2 Å². The second kappa shape index (κ2) is 5.74. The Morgan fingerprint density at radius 3 is 2.89 bits per heavy atom. The molecule has 0 bridgehead atoms. The third-order valence-electron chi connectivity index (χ3n) is 2.83. The number of nitrogens with one attached hydrogen (secondary N) is 1. The van der Waals surface area contributed by atoms with Gasteiger partial charge < -0.3 is 11.1 Å². The summed E-state index contributed by atoms with van der Waals surface area (Å²) in [6.07, 6.45) is 2.78. The van der Waals surface area contributed by atoms with E-state index in [1.54, 1.807) is 12.3 Å². The van der Waals surface area contributed by atoms with Crippen LogP contribution in [0.3, 0.4) is 0 Å². The molecule has 0 amide bonds. The van der Waals surface area contributed by atoms with Crippen LogP contribution in [0.4, 0.5) is 11.4 Å². The van der Waals surface area contributed by atoms with Gasteiger partial charge >= 0.3 is 0 Å². The zero-order chi connectivity index (χ0) is 13.0. The highest BCUT2D eigenvalue weighted by Gasteiger charge is 2.03. The minimum Gasteiger partial charge on any atom is -0.397 e. The Labute approximate surface area is 112 Å². The molecule has 4 heteroatoms. The first-order valence-corrected chi connectivity index (χ1v) is 6.30. The maximum Gasteiger partial charge on any atom is 0.0626 e. The number of anilines is 2. The average molecular weight is 262 g/mol. The molecule has 0 radical (unpaired) electrons. The van der Waals surface area contributed by atoms with Crippen molar-refractivity contribution in [1.82, 2.24) is 4.98 Å². The van der Waals surface area contributed by atoms with Gasteiger partial charge in [0.2, 0.25) is 0 Å². The Hall–Kier alpha value is -1.74. The van der Waals surface area contributed by atoms with Gasteiger partial charge in [-0.1, -0.05) is 24.6 Å². The molecule has 3 N–H and O–H groups in total. The maximum absolute atomic E-state index is 5.89. The molecule has 0 aliphatic heterocycles. The van der Waals surface area contributed by atoms with Crippen molar-refractivity contribution in [3.63, 3.8) is 0 Å². The van der Waals surface area contributed by atoms with Crippen LogP contribution in [0.15, 0.2) is 36.5 Å². The third-order valence-corrected chi connectivity index (χ3v) is 3.06. The van der Waals surface area contributed by atoms with E-state index < -0.39 is 0 Å². The second-order valence-corrected chi connectivity index (χ2v) is 4.48. The molecule has 0 unspecified atom stereocenters. The molecule has 1 aromatic carbocycles. The number of aryl methyl sites for hydroxylation is 1. The van der Waals surface area contributed by atoms with E-state index in [1.807, 2.05) is 18.2 Å². The predicted molar refractivity (Wildman–Crippen MR) is 76.8 cm³/mol. The van der Waals surface area contributed by atoms with Crippen molar-refractivity contribution in [2.45, 2.75) is 19.9 Å². The molecule has 3 nitrogen and oxygen atoms in total. The van der Waals surface area contributed by atoms with E-state index in [1.165, 1.54) is 5.56 Å². The van der Waals surface area contributed by atoms with Crippen molar-refractivity contribution in [3.8, 4) is 0 Å². The molecule has 0 aliphatic carbocycles. The molecular formula is C14H16ClN3. The number of hydrogen-bond acceptors (Lipinski definition) is 3. The topological polar surface area (TPSA) is 50.9 Å². The summed E-state index contributed by atoms with van der Waals surface area (Å²) in [7, 11) is 0. The first-order chi connectivity index (χ1) is 8.70. The largest absolute Gasteiger partial charge is 0.397 e. The number of nitrogens with zero attached hydrogens (tertiary/aromatic N) is 1. The van der Waals surface area contributed by atoms with E-state index in [0.29, 0.717) is 17.3 Å². The summed E-state index contributed by atoms with van der Waals surface area (Å²) >= 11 is 5.86. The normalized spacial score (nSPS) is 10.3. The number of nitrogens with two attached hydrogens (primary N) is 1. The summed E-state index contributed by atoms with van der Waals surface area (Å²) in [4.78, 5) is 4.38. The van der Waals surface area contributed by atoms with E-state index >= 15 is 0 Å². The van der Waals surface area contributed by atoms with Crippen LogP contribution in [0, 0.1) is 0 Å². The monoisotopic (exact) mass is 261 g/mol. The van der Waals surface area contributed by atoms with Gasteiger partial charge in [0.1, 0.15) is 0 Å². The molecule has 0 saturated carbocycles. The van der Waals surface area contributed by atoms with E-state index in [-0.39, 0.29) is 0 Å². The third kappa shape index (κ3) is 2.93. The molecule has 0 atom stereocenters. The number of benzene rings is 1. The van der Waals surface area contributed by atoms with Crippen molar-refractivity contribution in [2.75, 3.05) is 11.1 Å². The van der Waals surface area contributed by atoms with Crippen molar-refractivity contribution in [2.24, 2.45) is 0 Å². The Morgan fingerprint density at radius 1 is 1.33 bits per heavy atom. The second-order valence-electron chi connectivity index (χ2n) is 4.05. The summed E-state index contributed by atoms with van der Waals surface area (Å²) in [5.41, 5.74) is 9.72. The fourth-order valence-corrected chi connectivity index (χ4v) is 2.01. The van der Waals surface area contributed by atoms with E-state index in [0.717, 1.165) is 17.8 Å². The van der Waals surface area contributed by atoms with Gasteiger partial charge in [-0.2, -0.15) is 0 Å². The quantitative estimate of drug-likeness (QED) is 0.829. The number of rotatable bonds is 4. The fraction of sp³-hybridized carbons (Fsp3) is 0.214. The summed E-state index contributed by atoms with van der Waals surface area (Å²) < 4.78 is 0. The predicted octanol–water partition coefficient (Wildman–Crippen LogP) is 3.49. The molecule has 0 spiro atoms. The fourth-order valence-electron chi connectivity index (χ4n) is 1.83. The highest BCUT2D eigenvalue weighted by atomic mass is 35.5. The zero-order valence-electron chi connectivity index (χ0n) is 10.3. The molecule has 2 rings (SSSR count). The van der Waals surface area contributed by atoms with E-state index in [9.17, 15) is 0 Å². The number of nitrogen functional groups attached to an aromatic ring is 1. The lowest BCUT2D eigenvalue weighted by molar-refractivity contribution is 0.972. The summed E-state index contributed by atoms with van der Waals surface area (Å²) in [6, 6.07) is 9.49. The van der Waals surface area contributed by atoms with Gasteiger partial charge in [0, 0.05) is 11.2 Å². The molecule has 94 valence electrons. The lowest BCUT2D eigenvalue weighted by Gasteiger charge is -2.11. The zero-order valence-corrected chi connectivity index (χ0v) is 11.0. The highest BCUT2D eigenvalue weighted by Crippen LogP contribution is 2.23. The van der Waals surface area contributed by atoms with Crippen LogP contribution in [0.5, 0.6) is 0 Å². The first-order valence-electron chi connectivity index (χ1n) is 5.92. The molecule has 18 heavy (non-hydrogen) atoms. The Kier molecular flexibility index (Phi) is 4.05. The highest BCUT2D eigenvalue weighted by molar-refractivity contribution is 6.31. The number of aromatic nitrogens is 1. The van der Waals surface area contributed by atoms with Gasteiger partial charge in [0.15, 0.2) is 0 Å². The molecule has 1 aromatic heterocycles. The molecule has 0 saturated heterocycles. The van der Waals surface area contributed by atoms with Gasteiger partial charge in [0.05, 0.1) is 23.6 Å². The van der Waals surface area contributed by atoms with E-state index in [4.69, 9.17) is 17.3 Å². The first kappa shape index (κ1) is 12.7. The number of hydrogen-bond donors (Lipinski definition) is 2.